The number of aryl methyl sites for hydroxylation is 1. The molecule has 2 heterocycles. The van der Waals surface area contributed by atoms with Crippen LogP contribution in [0, 0.1) is 12.8 Å². The third kappa shape index (κ3) is 4.01. The summed E-state index contributed by atoms with van der Waals surface area (Å²) in [6.45, 7) is 8.36. The SMILES string of the molecule is CCCNc1nc(CC)nc(NCC2CCSC2)c1C. The third-order valence-electron chi connectivity index (χ3n) is 3.63. The highest BCUT2D eigenvalue weighted by Crippen LogP contribution is 2.25. The number of hydrogen-bond acceptors (Lipinski definition) is 5. The van der Waals surface area contributed by atoms with Crippen LogP contribution in [0.3, 0.4) is 0 Å². The van der Waals surface area contributed by atoms with Crippen molar-refractivity contribution in [3.63, 3.8) is 0 Å². The van der Waals surface area contributed by atoms with Crippen molar-refractivity contribution in [3.8, 4) is 0 Å². The summed E-state index contributed by atoms with van der Waals surface area (Å²) in [6.07, 6.45) is 3.30. The summed E-state index contributed by atoms with van der Waals surface area (Å²) >= 11 is 2.06. The number of nitrogens with zero attached hydrogens (tertiary/aromatic N) is 2. The molecule has 0 radical (unpaired) electrons. The molecule has 0 aromatic carbocycles. The lowest BCUT2D eigenvalue weighted by molar-refractivity contribution is 0.629. The smallest absolute Gasteiger partial charge is 0.134 e. The molecule has 1 aromatic rings. The summed E-state index contributed by atoms with van der Waals surface area (Å²) < 4.78 is 0. The molecule has 0 spiro atoms. The van der Waals surface area contributed by atoms with E-state index in [2.05, 4.69) is 53.1 Å². The highest BCUT2D eigenvalue weighted by atomic mass is 32.2. The Kier molecular flexibility index (Phi) is 5.95. The van der Waals surface area contributed by atoms with Crippen molar-refractivity contribution >= 4 is 23.4 Å². The molecule has 1 aliphatic heterocycles. The molecule has 2 N–H and O–H groups in total. The molecule has 112 valence electrons. The standard InChI is InChI=1S/C15H26N4S/c1-4-7-16-14-11(3)15(19-13(5-2)18-14)17-9-12-6-8-20-10-12/h12H,4-10H2,1-3H3,(H2,16,17,18,19). The second kappa shape index (κ2) is 7.72. The zero-order chi connectivity index (χ0) is 14.4. The van der Waals surface area contributed by atoms with Gasteiger partial charge in [0.25, 0.3) is 0 Å². The van der Waals surface area contributed by atoms with Crippen molar-refractivity contribution in [1.29, 1.82) is 0 Å². The third-order valence-corrected chi connectivity index (χ3v) is 4.86. The van der Waals surface area contributed by atoms with Crippen molar-refractivity contribution in [2.24, 2.45) is 5.92 Å². The van der Waals surface area contributed by atoms with Crippen LogP contribution in [0.5, 0.6) is 0 Å². The van der Waals surface area contributed by atoms with Gasteiger partial charge in [0.1, 0.15) is 17.5 Å². The first-order valence-electron chi connectivity index (χ1n) is 7.67. The van der Waals surface area contributed by atoms with Crippen LogP contribution in [0.25, 0.3) is 0 Å². The average molecular weight is 294 g/mol. The van der Waals surface area contributed by atoms with E-state index in [4.69, 9.17) is 0 Å². The van der Waals surface area contributed by atoms with Crippen LogP contribution in [0.4, 0.5) is 11.6 Å². The molecule has 20 heavy (non-hydrogen) atoms. The summed E-state index contributed by atoms with van der Waals surface area (Å²) in [4.78, 5) is 9.25. The Hall–Kier alpha value is -0.970. The van der Waals surface area contributed by atoms with Gasteiger partial charge in [0.15, 0.2) is 0 Å². The van der Waals surface area contributed by atoms with Gasteiger partial charge in [-0.1, -0.05) is 13.8 Å². The van der Waals surface area contributed by atoms with E-state index < -0.39 is 0 Å². The minimum Gasteiger partial charge on any atom is -0.370 e. The van der Waals surface area contributed by atoms with Gasteiger partial charge in [-0.2, -0.15) is 11.8 Å². The first-order chi connectivity index (χ1) is 9.74. The number of thioether (sulfide) groups is 1. The molecule has 1 fully saturated rings. The van der Waals surface area contributed by atoms with Gasteiger partial charge in [-0.25, -0.2) is 9.97 Å². The molecule has 1 aromatic heterocycles. The maximum Gasteiger partial charge on any atom is 0.134 e. The van der Waals surface area contributed by atoms with Gasteiger partial charge in [-0.3, -0.25) is 0 Å². The van der Waals surface area contributed by atoms with E-state index in [1.807, 2.05) is 0 Å². The predicted octanol–water partition coefficient (Wildman–Crippen LogP) is 3.33. The molecule has 1 unspecified atom stereocenters. The monoisotopic (exact) mass is 294 g/mol. The van der Waals surface area contributed by atoms with E-state index in [0.717, 1.165) is 54.9 Å². The zero-order valence-electron chi connectivity index (χ0n) is 12.8. The summed E-state index contributed by atoms with van der Waals surface area (Å²) in [5.41, 5.74) is 1.14. The number of anilines is 2. The van der Waals surface area contributed by atoms with Crippen LogP contribution in [-0.4, -0.2) is 34.6 Å². The summed E-state index contributed by atoms with van der Waals surface area (Å²) in [7, 11) is 0. The van der Waals surface area contributed by atoms with Crippen molar-refractivity contribution in [1.82, 2.24) is 9.97 Å². The minimum atomic E-state index is 0.784. The highest BCUT2D eigenvalue weighted by Gasteiger charge is 2.16. The Morgan fingerprint density at radius 2 is 1.95 bits per heavy atom. The molecule has 0 bridgehead atoms. The normalized spacial score (nSPS) is 18.2. The first-order valence-corrected chi connectivity index (χ1v) is 8.83. The molecule has 0 aliphatic carbocycles. The highest BCUT2D eigenvalue weighted by molar-refractivity contribution is 7.99. The molecule has 5 heteroatoms. The summed E-state index contributed by atoms with van der Waals surface area (Å²) in [5.74, 6) is 6.27. The summed E-state index contributed by atoms with van der Waals surface area (Å²) in [6, 6.07) is 0. The van der Waals surface area contributed by atoms with Gasteiger partial charge in [0.2, 0.25) is 0 Å². The lowest BCUT2D eigenvalue weighted by atomic mass is 10.1. The molecule has 1 saturated heterocycles. The number of rotatable bonds is 7. The van der Waals surface area contributed by atoms with E-state index in [0.29, 0.717) is 0 Å². The quantitative estimate of drug-likeness (QED) is 0.808. The Bertz CT molecular complexity index is 430. The van der Waals surface area contributed by atoms with Gasteiger partial charge in [0.05, 0.1) is 0 Å². The topological polar surface area (TPSA) is 49.8 Å². The largest absolute Gasteiger partial charge is 0.370 e. The predicted molar refractivity (Wildman–Crippen MR) is 88.8 cm³/mol. The van der Waals surface area contributed by atoms with Gasteiger partial charge in [-0.05, 0) is 37.2 Å². The second-order valence-corrected chi connectivity index (χ2v) is 6.50. The van der Waals surface area contributed by atoms with Crippen LogP contribution in [0.1, 0.15) is 38.1 Å². The van der Waals surface area contributed by atoms with Crippen LogP contribution in [-0.2, 0) is 6.42 Å². The van der Waals surface area contributed by atoms with Gasteiger partial charge < -0.3 is 10.6 Å². The van der Waals surface area contributed by atoms with Crippen LogP contribution < -0.4 is 10.6 Å². The van der Waals surface area contributed by atoms with Crippen LogP contribution in [0.2, 0.25) is 0 Å². The number of aromatic nitrogens is 2. The zero-order valence-corrected chi connectivity index (χ0v) is 13.6. The summed E-state index contributed by atoms with van der Waals surface area (Å²) in [5, 5.41) is 6.95. The average Bonchev–Trinajstić information content (AvgIpc) is 2.98. The molecule has 0 saturated carbocycles. The van der Waals surface area contributed by atoms with Crippen LogP contribution in [0.15, 0.2) is 0 Å². The maximum atomic E-state index is 4.65. The van der Waals surface area contributed by atoms with E-state index in [9.17, 15) is 0 Å². The fourth-order valence-corrected chi connectivity index (χ4v) is 3.58. The Balaban J connectivity index is 2.08. The molecular weight excluding hydrogens is 268 g/mol. The Morgan fingerprint density at radius 1 is 1.20 bits per heavy atom. The second-order valence-electron chi connectivity index (χ2n) is 5.35. The van der Waals surface area contributed by atoms with Crippen molar-refractivity contribution in [2.45, 2.75) is 40.0 Å². The van der Waals surface area contributed by atoms with Gasteiger partial charge in [0, 0.05) is 25.1 Å². The van der Waals surface area contributed by atoms with Gasteiger partial charge in [-0.15, -0.1) is 0 Å². The molecule has 2 rings (SSSR count). The van der Waals surface area contributed by atoms with Crippen molar-refractivity contribution in [3.05, 3.63) is 11.4 Å². The van der Waals surface area contributed by atoms with Gasteiger partial charge >= 0.3 is 0 Å². The molecule has 0 amide bonds. The molecule has 1 atom stereocenters. The number of hydrogen-bond donors (Lipinski definition) is 2. The molecule has 4 nitrogen and oxygen atoms in total. The minimum absolute atomic E-state index is 0.784. The molecule has 1 aliphatic rings. The van der Waals surface area contributed by atoms with Crippen molar-refractivity contribution < 1.29 is 0 Å². The lowest BCUT2D eigenvalue weighted by Crippen LogP contribution is -2.17. The maximum absolute atomic E-state index is 4.65. The van der Waals surface area contributed by atoms with E-state index in [1.54, 1.807) is 0 Å². The Morgan fingerprint density at radius 3 is 2.55 bits per heavy atom. The first kappa shape index (κ1) is 15.4. The lowest BCUT2D eigenvalue weighted by Gasteiger charge is -2.16. The fraction of sp³-hybridized carbons (Fsp3) is 0.733. The van der Waals surface area contributed by atoms with E-state index in [-0.39, 0.29) is 0 Å². The van der Waals surface area contributed by atoms with E-state index >= 15 is 0 Å². The van der Waals surface area contributed by atoms with Crippen LogP contribution >= 0.6 is 11.8 Å². The van der Waals surface area contributed by atoms with E-state index in [1.165, 1.54) is 17.9 Å². The fourth-order valence-electron chi connectivity index (χ4n) is 2.29. The molecular formula is C15H26N4S. The number of nitrogens with one attached hydrogen (secondary N) is 2. The Labute approximate surface area is 126 Å². The van der Waals surface area contributed by atoms with Crippen molar-refractivity contribution in [2.75, 3.05) is 35.2 Å².